The van der Waals surface area contributed by atoms with Crippen molar-refractivity contribution in [3.63, 3.8) is 0 Å². The molecule has 2 unspecified atom stereocenters. The van der Waals surface area contributed by atoms with Crippen LogP contribution in [0.3, 0.4) is 0 Å². The van der Waals surface area contributed by atoms with E-state index in [0.29, 0.717) is 10.7 Å². The molecule has 0 amide bonds. The molecule has 11 heavy (non-hydrogen) atoms. The third-order valence-electron chi connectivity index (χ3n) is 2.18. The van der Waals surface area contributed by atoms with Crippen molar-refractivity contribution in [1.82, 2.24) is 0 Å². The summed E-state index contributed by atoms with van der Waals surface area (Å²) in [6.45, 7) is 6.82. The Bertz CT molecular complexity index is 156. The molecular formula is C9H17NS. The van der Waals surface area contributed by atoms with E-state index < -0.39 is 0 Å². The third-order valence-corrected chi connectivity index (χ3v) is 2.93. The third kappa shape index (κ3) is 2.51. The Labute approximate surface area is 73.8 Å². The maximum Gasteiger partial charge on any atom is 0.0247 e. The van der Waals surface area contributed by atoms with Gasteiger partial charge in [0.25, 0.3) is 0 Å². The van der Waals surface area contributed by atoms with Crippen molar-refractivity contribution >= 4 is 18.2 Å². The zero-order valence-corrected chi connectivity index (χ0v) is 8.45. The number of hydrogen-bond donors (Lipinski definition) is 0. The van der Waals surface area contributed by atoms with Crippen molar-refractivity contribution in [2.75, 3.05) is 0 Å². The van der Waals surface area contributed by atoms with Crippen LogP contribution < -0.4 is 0 Å². The lowest BCUT2D eigenvalue weighted by Gasteiger charge is -2.30. The molecule has 0 aromatic rings. The quantitative estimate of drug-likeness (QED) is 0.581. The molecule has 2 atom stereocenters. The van der Waals surface area contributed by atoms with E-state index in [1.807, 2.05) is 0 Å². The van der Waals surface area contributed by atoms with Gasteiger partial charge in [0.15, 0.2) is 0 Å². The highest BCUT2D eigenvalue weighted by Gasteiger charge is 2.26. The summed E-state index contributed by atoms with van der Waals surface area (Å²) in [4.78, 5) is 0. The molecule has 0 spiro atoms. The van der Waals surface area contributed by atoms with E-state index in [2.05, 4.69) is 31.4 Å². The second-order valence-electron chi connectivity index (χ2n) is 3.76. The van der Waals surface area contributed by atoms with Crippen LogP contribution in [0.15, 0.2) is 4.40 Å². The Hall–Kier alpha value is 0.0200. The number of rotatable bonds is 2. The lowest BCUT2D eigenvalue weighted by Crippen LogP contribution is -2.24. The normalized spacial score (nSPS) is 37.5. The highest BCUT2D eigenvalue weighted by atomic mass is 32.2. The number of nitrogens with zero attached hydrogens (tertiary/aromatic N) is 1. The van der Waals surface area contributed by atoms with Crippen LogP contribution in [0.25, 0.3) is 0 Å². The molecule has 0 aliphatic carbocycles. The first-order valence-electron chi connectivity index (χ1n) is 4.36. The van der Waals surface area contributed by atoms with Gasteiger partial charge in [-0.25, -0.2) is 4.40 Å². The second kappa shape index (κ2) is 3.61. The van der Waals surface area contributed by atoms with Crippen LogP contribution in [0.1, 0.15) is 40.0 Å². The van der Waals surface area contributed by atoms with Gasteiger partial charge in [0, 0.05) is 16.9 Å². The average molecular weight is 171 g/mol. The summed E-state index contributed by atoms with van der Waals surface area (Å²) >= 11 is 1.72. The van der Waals surface area contributed by atoms with E-state index in [-0.39, 0.29) is 0 Å². The second-order valence-corrected chi connectivity index (χ2v) is 4.99. The molecule has 0 saturated carbocycles. The van der Waals surface area contributed by atoms with Crippen molar-refractivity contribution in [2.24, 2.45) is 9.81 Å². The van der Waals surface area contributed by atoms with Crippen LogP contribution in [-0.4, -0.2) is 11.5 Å². The van der Waals surface area contributed by atoms with Crippen LogP contribution in [0.5, 0.6) is 0 Å². The lowest BCUT2D eigenvalue weighted by atomic mass is 9.82. The molecule has 1 aliphatic heterocycles. The zero-order chi connectivity index (χ0) is 8.32. The molecule has 1 nitrogen and oxygen atoms in total. The molecule has 0 radical (unpaired) electrons. The minimum Gasteiger partial charge on any atom is -0.228 e. The summed E-state index contributed by atoms with van der Waals surface area (Å²) in [6, 6.07) is 0. The summed E-state index contributed by atoms with van der Waals surface area (Å²) < 4.78 is 4.32. The van der Waals surface area contributed by atoms with Gasteiger partial charge in [-0.1, -0.05) is 27.2 Å². The van der Waals surface area contributed by atoms with Crippen LogP contribution in [0.4, 0.5) is 0 Å². The monoisotopic (exact) mass is 171 g/mol. The van der Waals surface area contributed by atoms with E-state index in [9.17, 15) is 0 Å². The fraction of sp³-hybridized carbons (Fsp3) is 0.889. The Morgan fingerprint density at radius 1 is 1.73 bits per heavy atom. The van der Waals surface area contributed by atoms with Crippen LogP contribution in [0.2, 0.25) is 0 Å². The van der Waals surface area contributed by atoms with Gasteiger partial charge in [0.05, 0.1) is 0 Å². The van der Waals surface area contributed by atoms with Gasteiger partial charge >= 0.3 is 0 Å². The van der Waals surface area contributed by atoms with Gasteiger partial charge in [-0.3, -0.25) is 0 Å². The molecule has 0 fully saturated rings. The minimum atomic E-state index is 0.388. The smallest absolute Gasteiger partial charge is 0.0247 e. The SMILES string of the molecule is CCCC1(C)C=NSC(C)C1. The summed E-state index contributed by atoms with van der Waals surface area (Å²) in [7, 11) is 0. The van der Waals surface area contributed by atoms with Crippen molar-refractivity contribution in [3.05, 3.63) is 0 Å². The highest BCUT2D eigenvalue weighted by Crippen LogP contribution is 2.36. The maximum atomic E-state index is 4.32. The fourth-order valence-electron chi connectivity index (χ4n) is 1.75. The molecule has 2 heteroatoms. The molecule has 0 aromatic heterocycles. The summed E-state index contributed by atoms with van der Waals surface area (Å²) in [5, 5.41) is 0.705. The summed E-state index contributed by atoms with van der Waals surface area (Å²) in [5.74, 6) is 0. The van der Waals surface area contributed by atoms with E-state index in [1.165, 1.54) is 19.3 Å². The number of hydrogen-bond acceptors (Lipinski definition) is 2. The first-order chi connectivity index (χ1) is 5.16. The van der Waals surface area contributed by atoms with Crippen molar-refractivity contribution in [1.29, 1.82) is 0 Å². The van der Waals surface area contributed by atoms with Gasteiger partial charge in [-0.2, -0.15) is 0 Å². The Balaban J connectivity index is 2.55. The van der Waals surface area contributed by atoms with Gasteiger partial charge in [0.1, 0.15) is 0 Å². The van der Waals surface area contributed by atoms with Crippen molar-refractivity contribution < 1.29 is 0 Å². The standard InChI is InChI=1S/C9H17NS/c1-4-5-9(3)6-8(2)11-10-7-9/h7-8H,4-6H2,1-3H3. The van der Waals surface area contributed by atoms with Crippen LogP contribution in [-0.2, 0) is 0 Å². The van der Waals surface area contributed by atoms with Crippen molar-refractivity contribution in [3.8, 4) is 0 Å². The van der Waals surface area contributed by atoms with E-state index in [4.69, 9.17) is 0 Å². The van der Waals surface area contributed by atoms with Gasteiger partial charge in [-0.15, -0.1) is 0 Å². The Morgan fingerprint density at radius 2 is 2.45 bits per heavy atom. The first-order valence-corrected chi connectivity index (χ1v) is 5.20. The summed E-state index contributed by atoms with van der Waals surface area (Å²) in [6.07, 6.45) is 5.97. The molecule has 0 saturated heterocycles. The average Bonchev–Trinajstić information content (AvgIpc) is 1.86. The highest BCUT2D eigenvalue weighted by molar-refractivity contribution is 7.98. The summed E-state index contributed by atoms with van der Waals surface area (Å²) in [5.41, 5.74) is 0.388. The predicted octanol–water partition coefficient (Wildman–Crippen LogP) is 3.30. The van der Waals surface area contributed by atoms with Gasteiger partial charge < -0.3 is 0 Å². The topological polar surface area (TPSA) is 12.4 Å². The van der Waals surface area contributed by atoms with Gasteiger partial charge in [0.2, 0.25) is 0 Å². The van der Waals surface area contributed by atoms with E-state index in [1.54, 1.807) is 11.9 Å². The first kappa shape index (κ1) is 9.11. The predicted molar refractivity (Wildman–Crippen MR) is 53.2 cm³/mol. The van der Waals surface area contributed by atoms with E-state index >= 15 is 0 Å². The van der Waals surface area contributed by atoms with Crippen LogP contribution >= 0.6 is 11.9 Å². The maximum absolute atomic E-state index is 4.32. The van der Waals surface area contributed by atoms with Crippen molar-refractivity contribution in [2.45, 2.75) is 45.3 Å². The van der Waals surface area contributed by atoms with E-state index in [0.717, 1.165) is 0 Å². The van der Waals surface area contributed by atoms with Crippen LogP contribution in [0, 0.1) is 5.41 Å². The zero-order valence-electron chi connectivity index (χ0n) is 7.63. The largest absolute Gasteiger partial charge is 0.228 e. The minimum absolute atomic E-state index is 0.388. The molecular weight excluding hydrogens is 154 g/mol. The molecule has 1 aliphatic rings. The molecule has 64 valence electrons. The molecule has 0 bridgehead atoms. The lowest BCUT2D eigenvalue weighted by molar-refractivity contribution is 0.396. The molecule has 1 heterocycles. The Kier molecular flexibility index (Phi) is 2.99. The molecule has 1 rings (SSSR count). The molecule has 0 N–H and O–H groups in total. The Morgan fingerprint density at radius 3 is 3.00 bits per heavy atom. The van der Waals surface area contributed by atoms with Gasteiger partial charge in [-0.05, 0) is 24.8 Å². The fourth-order valence-corrected chi connectivity index (χ4v) is 2.72. The molecule has 0 aromatic carbocycles.